The summed E-state index contributed by atoms with van der Waals surface area (Å²) in [6, 6.07) is 1.67. The quantitative estimate of drug-likeness (QED) is 0.758. The number of piperidine rings is 1. The highest BCUT2D eigenvalue weighted by Gasteiger charge is 2.33. The van der Waals surface area contributed by atoms with Crippen LogP contribution in [0.4, 0.5) is 0 Å². The molecule has 0 radical (unpaired) electrons. The second-order valence-corrected chi connectivity index (χ2v) is 6.14. The van der Waals surface area contributed by atoms with Crippen molar-refractivity contribution in [1.82, 2.24) is 10.2 Å². The highest BCUT2D eigenvalue weighted by Crippen LogP contribution is 2.37. The predicted molar refractivity (Wildman–Crippen MR) is 62.9 cm³/mol. The summed E-state index contributed by atoms with van der Waals surface area (Å²) in [5, 5.41) is 3.81. The van der Waals surface area contributed by atoms with Gasteiger partial charge in [0.2, 0.25) is 0 Å². The smallest absolute Gasteiger partial charge is 0.0200 e. The van der Waals surface area contributed by atoms with Crippen molar-refractivity contribution in [2.75, 3.05) is 20.1 Å². The normalized spacial score (nSPS) is 38.2. The van der Waals surface area contributed by atoms with Gasteiger partial charge < -0.3 is 10.2 Å². The van der Waals surface area contributed by atoms with Gasteiger partial charge in [-0.05, 0) is 44.6 Å². The Morgan fingerprint density at radius 1 is 1.00 bits per heavy atom. The average molecular weight is 208 g/mol. The van der Waals surface area contributed by atoms with Crippen LogP contribution < -0.4 is 5.32 Å². The molecule has 2 nitrogen and oxygen atoms in total. The molecule has 3 fully saturated rings. The van der Waals surface area contributed by atoms with Gasteiger partial charge in [0.25, 0.3) is 0 Å². The van der Waals surface area contributed by atoms with Gasteiger partial charge >= 0.3 is 0 Å². The topological polar surface area (TPSA) is 15.3 Å². The van der Waals surface area contributed by atoms with E-state index in [-0.39, 0.29) is 0 Å². The fourth-order valence-corrected chi connectivity index (χ4v) is 3.14. The molecule has 0 bridgehead atoms. The van der Waals surface area contributed by atoms with Crippen LogP contribution in [0.25, 0.3) is 0 Å². The lowest BCUT2D eigenvalue weighted by Gasteiger charge is -2.36. The van der Waals surface area contributed by atoms with Crippen LogP contribution in [0.5, 0.6) is 0 Å². The third-order valence-electron chi connectivity index (χ3n) is 4.13. The molecule has 1 N–H and O–H groups in total. The molecule has 3 aliphatic rings. The van der Waals surface area contributed by atoms with E-state index < -0.39 is 0 Å². The largest absolute Gasteiger partial charge is 0.310 e. The lowest BCUT2D eigenvalue weighted by molar-refractivity contribution is 0.158. The second-order valence-electron chi connectivity index (χ2n) is 6.14. The molecule has 2 heteroatoms. The molecule has 2 aliphatic carbocycles. The third-order valence-corrected chi connectivity index (χ3v) is 4.13. The molecule has 2 saturated carbocycles. The van der Waals surface area contributed by atoms with Crippen LogP contribution in [0.15, 0.2) is 0 Å². The summed E-state index contributed by atoms with van der Waals surface area (Å²) in [4.78, 5) is 2.54. The fourth-order valence-electron chi connectivity index (χ4n) is 3.14. The SMILES string of the molecule is CN1CC(CC2CC2)CC(NC2CC2)C1. The maximum Gasteiger partial charge on any atom is 0.0200 e. The van der Waals surface area contributed by atoms with Gasteiger partial charge in [-0.25, -0.2) is 0 Å². The minimum atomic E-state index is 0.792. The molecule has 1 saturated heterocycles. The van der Waals surface area contributed by atoms with E-state index >= 15 is 0 Å². The first kappa shape index (κ1) is 10.1. The first-order chi connectivity index (χ1) is 7.29. The van der Waals surface area contributed by atoms with Crippen LogP contribution >= 0.6 is 0 Å². The number of hydrogen-bond acceptors (Lipinski definition) is 2. The molecule has 2 atom stereocenters. The number of rotatable bonds is 4. The zero-order chi connectivity index (χ0) is 10.3. The standard InChI is InChI=1S/C13H24N2/c1-15-8-11(6-10-2-3-10)7-13(9-15)14-12-4-5-12/h10-14H,2-9H2,1H3. The molecule has 15 heavy (non-hydrogen) atoms. The first-order valence-electron chi connectivity index (χ1n) is 6.74. The summed E-state index contributed by atoms with van der Waals surface area (Å²) >= 11 is 0. The van der Waals surface area contributed by atoms with E-state index in [1.54, 1.807) is 0 Å². The van der Waals surface area contributed by atoms with Crippen molar-refractivity contribution in [2.45, 2.75) is 50.6 Å². The van der Waals surface area contributed by atoms with Crippen molar-refractivity contribution in [3.63, 3.8) is 0 Å². The van der Waals surface area contributed by atoms with Crippen LogP contribution in [-0.4, -0.2) is 37.1 Å². The van der Waals surface area contributed by atoms with Crippen LogP contribution in [0.2, 0.25) is 0 Å². The molecular formula is C13H24N2. The zero-order valence-electron chi connectivity index (χ0n) is 9.91. The summed E-state index contributed by atoms with van der Waals surface area (Å²) in [6.07, 6.45) is 8.83. The molecule has 3 rings (SSSR count). The Hall–Kier alpha value is -0.0800. The number of likely N-dealkylation sites (tertiary alicyclic amines) is 1. The molecule has 2 unspecified atom stereocenters. The molecule has 0 spiro atoms. The maximum atomic E-state index is 3.81. The Bertz CT molecular complexity index is 195. The van der Waals surface area contributed by atoms with Gasteiger partial charge in [-0.1, -0.05) is 12.8 Å². The number of nitrogens with zero attached hydrogens (tertiary/aromatic N) is 1. The van der Waals surface area contributed by atoms with Crippen molar-refractivity contribution in [2.24, 2.45) is 11.8 Å². The lowest BCUT2D eigenvalue weighted by Crippen LogP contribution is -2.48. The van der Waals surface area contributed by atoms with Gasteiger partial charge in [-0.3, -0.25) is 0 Å². The maximum absolute atomic E-state index is 3.81. The molecule has 0 aromatic carbocycles. The predicted octanol–water partition coefficient (Wildman–Crippen LogP) is 1.86. The Morgan fingerprint density at radius 3 is 2.47 bits per heavy atom. The van der Waals surface area contributed by atoms with Crippen LogP contribution in [0, 0.1) is 11.8 Å². The highest BCUT2D eigenvalue weighted by atomic mass is 15.2. The molecule has 1 aliphatic heterocycles. The van der Waals surface area contributed by atoms with Gasteiger partial charge in [0, 0.05) is 25.2 Å². The number of hydrogen-bond donors (Lipinski definition) is 1. The molecular weight excluding hydrogens is 184 g/mol. The second kappa shape index (κ2) is 4.06. The van der Waals surface area contributed by atoms with Crippen LogP contribution in [0.3, 0.4) is 0 Å². The van der Waals surface area contributed by atoms with Gasteiger partial charge in [-0.15, -0.1) is 0 Å². The fraction of sp³-hybridized carbons (Fsp3) is 1.00. The summed E-state index contributed by atoms with van der Waals surface area (Å²) in [7, 11) is 2.29. The first-order valence-corrected chi connectivity index (χ1v) is 6.74. The van der Waals surface area contributed by atoms with E-state index in [9.17, 15) is 0 Å². The minimum Gasteiger partial charge on any atom is -0.310 e. The van der Waals surface area contributed by atoms with E-state index in [4.69, 9.17) is 0 Å². The molecule has 0 aromatic heterocycles. The zero-order valence-corrected chi connectivity index (χ0v) is 9.91. The third kappa shape index (κ3) is 2.94. The van der Waals surface area contributed by atoms with Gasteiger partial charge in [0.1, 0.15) is 0 Å². The van der Waals surface area contributed by atoms with E-state index in [2.05, 4.69) is 17.3 Å². The Morgan fingerprint density at radius 2 is 1.80 bits per heavy atom. The van der Waals surface area contributed by atoms with Gasteiger partial charge in [0.15, 0.2) is 0 Å². The average Bonchev–Trinajstić information content (AvgIpc) is 2.98. The van der Waals surface area contributed by atoms with Crippen LogP contribution in [-0.2, 0) is 0 Å². The van der Waals surface area contributed by atoms with Gasteiger partial charge in [-0.2, -0.15) is 0 Å². The lowest BCUT2D eigenvalue weighted by atomic mass is 9.90. The van der Waals surface area contributed by atoms with Crippen molar-refractivity contribution in [3.05, 3.63) is 0 Å². The number of nitrogens with one attached hydrogen (secondary N) is 1. The monoisotopic (exact) mass is 208 g/mol. The van der Waals surface area contributed by atoms with Crippen molar-refractivity contribution < 1.29 is 0 Å². The summed E-state index contributed by atoms with van der Waals surface area (Å²) < 4.78 is 0. The molecule has 1 heterocycles. The van der Waals surface area contributed by atoms with Crippen molar-refractivity contribution >= 4 is 0 Å². The summed E-state index contributed by atoms with van der Waals surface area (Å²) in [5.41, 5.74) is 0. The van der Waals surface area contributed by atoms with E-state index in [1.165, 1.54) is 51.6 Å². The Kier molecular flexibility index (Phi) is 2.73. The van der Waals surface area contributed by atoms with Crippen molar-refractivity contribution in [1.29, 1.82) is 0 Å². The summed E-state index contributed by atoms with van der Waals surface area (Å²) in [5.74, 6) is 2.08. The van der Waals surface area contributed by atoms with E-state index in [1.807, 2.05) is 0 Å². The van der Waals surface area contributed by atoms with E-state index in [0.717, 1.165) is 23.9 Å². The number of likely N-dealkylation sites (N-methyl/N-ethyl adjacent to an activating group) is 1. The Balaban J connectivity index is 1.49. The summed E-state index contributed by atoms with van der Waals surface area (Å²) in [6.45, 7) is 2.62. The van der Waals surface area contributed by atoms with Crippen LogP contribution in [0.1, 0.15) is 38.5 Å². The molecule has 0 amide bonds. The van der Waals surface area contributed by atoms with E-state index in [0.29, 0.717) is 0 Å². The Labute approximate surface area is 93.4 Å². The molecule has 86 valence electrons. The minimum absolute atomic E-state index is 0.792. The van der Waals surface area contributed by atoms with Gasteiger partial charge in [0.05, 0.1) is 0 Å². The molecule has 0 aromatic rings. The highest BCUT2D eigenvalue weighted by molar-refractivity contribution is 4.91. The van der Waals surface area contributed by atoms with Crippen molar-refractivity contribution in [3.8, 4) is 0 Å².